The lowest BCUT2D eigenvalue weighted by atomic mass is 10.2. The molecule has 0 aromatic carbocycles. The molecule has 6 nitrogen and oxygen atoms in total. The highest BCUT2D eigenvalue weighted by atomic mass is 19.1. The third kappa shape index (κ3) is 3.51. The highest BCUT2D eigenvalue weighted by Crippen LogP contribution is 2.19. The number of hydrogen-bond donors (Lipinski definition) is 2. The molecule has 1 saturated heterocycles. The van der Waals surface area contributed by atoms with Gasteiger partial charge in [0, 0.05) is 32.7 Å². The standard InChI is InChI=1S/C12H21FN6/c1-9(2)8-18-3-5-19(6-4-18)11-10(13)7-15-12(16-11)17-14/h7,9H,3-6,8,14H2,1-2H3,(H,15,16,17). The molecule has 106 valence electrons. The van der Waals surface area contributed by atoms with E-state index in [-0.39, 0.29) is 5.95 Å². The van der Waals surface area contributed by atoms with Gasteiger partial charge in [-0.2, -0.15) is 4.98 Å². The van der Waals surface area contributed by atoms with E-state index in [0.717, 1.165) is 38.9 Å². The van der Waals surface area contributed by atoms with Gasteiger partial charge in [-0.25, -0.2) is 15.2 Å². The van der Waals surface area contributed by atoms with E-state index in [0.29, 0.717) is 11.7 Å². The predicted molar refractivity (Wildman–Crippen MR) is 73.3 cm³/mol. The van der Waals surface area contributed by atoms with Gasteiger partial charge in [-0.15, -0.1) is 0 Å². The van der Waals surface area contributed by atoms with Crippen molar-refractivity contribution < 1.29 is 4.39 Å². The number of anilines is 2. The van der Waals surface area contributed by atoms with E-state index in [4.69, 9.17) is 5.84 Å². The number of aromatic nitrogens is 2. The fourth-order valence-electron chi connectivity index (χ4n) is 2.31. The molecule has 0 atom stereocenters. The summed E-state index contributed by atoms with van der Waals surface area (Å²) in [5, 5.41) is 0. The third-order valence-corrected chi connectivity index (χ3v) is 3.15. The van der Waals surface area contributed by atoms with Crippen LogP contribution < -0.4 is 16.2 Å². The fourth-order valence-corrected chi connectivity index (χ4v) is 2.31. The average molecular weight is 268 g/mol. The maximum Gasteiger partial charge on any atom is 0.239 e. The minimum absolute atomic E-state index is 0.237. The van der Waals surface area contributed by atoms with E-state index in [2.05, 4.69) is 34.1 Å². The van der Waals surface area contributed by atoms with Gasteiger partial charge in [0.15, 0.2) is 11.6 Å². The van der Waals surface area contributed by atoms with Crippen molar-refractivity contribution in [2.45, 2.75) is 13.8 Å². The zero-order chi connectivity index (χ0) is 13.8. The summed E-state index contributed by atoms with van der Waals surface area (Å²) < 4.78 is 13.7. The summed E-state index contributed by atoms with van der Waals surface area (Å²) in [6.45, 7) is 8.87. The van der Waals surface area contributed by atoms with Crippen molar-refractivity contribution in [2.75, 3.05) is 43.0 Å². The van der Waals surface area contributed by atoms with Crippen LogP contribution in [0.5, 0.6) is 0 Å². The van der Waals surface area contributed by atoms with E-state index >= 15 is 0 Å². The smallest absolute Gasteiger partial charge is 0.239 e. The summed E-state index contributed by atoms with van der Waals surface area (Å²) in [5.41, 5.74) is 2.34. The first-order valence-electron chi connectivity index (χ1n) is 6.56. The Hall–Kier alpha value is -1.47. The van der Waals surface area contributed by atoms with E-state index in [1.165, 1.54) is 0 Å². The van der Waals surface area contributed by atoms with Gasteiger partial charge in [-0.1, -0.05) is 13.8 Å². The fraction of sp³-hybridized carbons (Fsp3) is 0.667. The number of hydrazine groups is 1. The average Bonchev–Trinajstić information content (AvgIpc) is 2.40. The molecule has 1 aliphatic rings. The molecule has 1 aromatic rings. The zero-order valence-corrected chi connectivity index (χ0v) is 11.4. The Morgan fingerprint density at radius 3 is 2.63 bits per heavy atom. The monoisotopic (exact) mass is 268 g/mol. The Balaban J connectivity index is 2.01. The maximum atomic E-state index is 13.7. The Bertz CT molecular complexity index is 417. The normalized spacial score (nSPS) is 17.0. The molecule has 0 aliphatic carbocycles. The van der Waals surface area contributed by atoms with E-state index < -0.39 is 5.82 Å². The molecule has 1 aromatic heterocycles. The number of piperazine rings is 1. The van der Waals surface area contributed by atoms with Gasteiger partial charge in [0.1, 0.15) is 0 Å². The molecule has 2 rings (SSSR count). The second-order valence-corrected chi connectivity index (χ2v) is 5.19. The van der Waals surface area contributed by atoms with Crippen LogP contribution in [0, 0.1) is 11.7 Å². The van der Waals surface area contributed by atoms with Crippen molar-refractivity contribution in [3.63, 3.8) is 0 Å². The molecule has 0 spiro atoms. The summed E-state index contributed by atoms with van der Waals surface area (Å²) in [6, 6.07) is 0. The molecule has 0 radical (unpaired) electrons. The van der Waals surface area contributed by atoms with Crippen LogP contribution in [-0.4, -0.2) is 47.6 Å². The number of nitrogens with two attached hydrogens (primary N) is 1. The second kappa shape index (κ2) is 6.12. The lowest BCUT2D eigenvalue weighted by molar-refractivity contribution is 0.230. The third-order valence-electron chi connectivity index (χ3n) is 3.15. The first-order valence-corrected chi connectivity index (χ1v) is 6.56. The van der Waals surface area contributed by atoms with Crippen LogP contribution in [0.25, 0.3) is 0 Å². The van der Waals surface area contributed by atoms with Crippen LogP contribution in [-0.2, 0) is 0 Å². The number of nitrogens with one attached hydrogen (secondary N) is 1. The van der Waals surface area contributed by atoms with Crippen molar-refractivity contribution in [1.82, 2.24) is 14.9 Å². The number of rotatable bonds is 4. The molecule has 19 heavy (non-hydrogen) atoms. The minimum atomic E-state index is -0.406. The van der Waals surface area contributed by atoms with Gasteiger partial charge >= 0.3 is 0 Å². The highest BCUT2D eigenvalue weighted by Gasteiger charge is 2.21. The van der Waals surface area contributed by atoms with Crippen molar-refractivity contribution >= 4 is 11.8 Å². The zero-order valence-electron chi connectivity index (χ0n) is 11.4. The quantitative estimate of drug-likeness (QED) is 0.618. The molecule has 1 fully saturated rings. The van der Waals surface area contributed by atoms with Crippen LogP contribution in [0.15, 0.2) is 6.20 Å². The van der Waals surface area contributed by atoms with Crippen LogP contribution in [0.3, 0.4) is 0 Å². The van der Waals surface area contributed by atoms with Crippen LogP contribution in [0.1, 0.15) is 13.8 Å². The Kier molecular flexibility index (Phi) is 4.49. The van der Waals surface area contributed by atoms with Gasteiger partial charge in [0.05, 0.1) is 6.20 Å². The lowest BCUT2D eigenvalue weighted by Crippen LogP contribution is -2.48. The molecular weight excluding hydrogens is 247 g/mol. The first kappa shape index (κ1) is 14.0. The van der Waals surface area contributed by atoms with E-state index in [1.807, 2.05) is 4.90 Å². The van der Waals surface area contributed by atoms with Crippen molar-refractivity contribution in [3.05, 3.63) is 12.0 Å². The van der Waals surface area contributed by atoms with Crippen LogP contribution in [0.4, 0.5) is 16.2 Å². The minimum Gasteiger partial charge on any atom is -0.351 e. The van der Waals surface area contributed by atoms with Crippen molar-refractivity contribution in [1.29, 1.82) is 0 Å². The largest absolute Gasteiger partial charge is 0.351 e. The van der Waals surface area contributed by atoms with E-state index in [9.17, 15) is 4.39 Å². The molecule has 0 unspecified atom stereocenters. The van der Waals surface area contributed by atoms with E-state index in [1.54, 1.807) is 0 Å². The van der Waals surface area contributed by atoms with Gasteiger partial charge in [-0.05, 0) is 5.92 Å². The molecule has 0 saturated carbocycles. The topological polar surface area (TPSA) is 70.3 Å². The van der Waals surface area contributed by atoms with Gasteiger partial charge < -0.3 is 4.90 Å². The van der Waals surface area contributed by atoms with Gasteiger partial charge in [0.2, 0.25) is 5.95 Å². The lowest BCUT2D eigenvalue weighted by Gasteiger charge is -2.36. The van der Waals surface area contributed by atoms with Crippen LogP contribution in [0.2, 0.25) is 0 Å². The summed E-state index contributed by atoms with van der Waals surface area (Å²) in [6.07, 6.45) is 1.15. The summed E-state index contributed by atoms with van der Waals surface area (Å²) >= 11 is 0. The molecule has 0 bridgehead atoms. The molecule has 1 aliphatic heterocycles. The summed E-state index contributed by atoms with van der Waals surface area (Å²) in [7, 11) is 0. The molecule has 7 heteroatoms. The Labute approximate surface area is 112 Å². The number of halogens is 1. The molecule has 2 heterocycles. The molecule has 0 amide bonds. The SMILES string of the molecule is CC(C)CN1CCN(c2nc(NN)ncc2F)CC1. The number of hydrogen-bond acceptors (Lipinski definition) is 6. The summed E-state index contributed by atoms with van der Waals surface area (Å²) in [5.74, 6) is 6.06. The second-order valence-electron chi connectivity index (χ2n) is 5.19. The summed E-state index contributed by atoms with van der Waals surface area (Å²) in [4.78, 5) is 12.2. The number of nitrogen functional groups attached to an aromatic ring is 1. The van der Waals surface area contributed by atoms with Crippen LogP contribution >= 0.6 is 0 Å². The first-order chi connectivity index (χ1) is 9.10. The Morgan fingerprint density at radius 2 is 2.05 bits per heavy atom. The van der Waals surface area contributed by atoms with Gasteiger partial charge in [0.25, 0.3) is 0 Å². The van der Waals surface area contributed by atoms with Crippen molar-refractivity contribution in [2.24, 2.45) is 11.8 Å². The number of nitrogens with zero attached hydrogens (tertiary/aromatic N) is 4. The van der Waals surface area contributed by atoms with Crippen molar-refractivity contribution in [3.8, 4) is 0 Å². The van der Waals surface area contributed by atoms with Gasteiger partial charge in [-0.3, -0.25) is 10.3 Å². The molecular formula is C12H21FN6. The molecule has 3 N–H and O–H groups in total. The Morgan fingerprint density at radius 1 is 1.37 bits per heavy atom. The highest BCUT2D eigenvalue weighted by molar-refractivity contribution is 5.44. The predicted octanol–water partition coefficient (Wildman–Crippen LogP) is 0.679. The maximum absolute atomic E-state index is 13.7.